The monoisotopic (exact) mass is 446 g/mol. The highest BCUT2D eigenvalue weighted by molar-refractivity contribution is 8.15. The molecule has 31 heavy (non-hydrogen) atoms. The lowest BCUT2D eigenvalue weighted by molar-refractivity contribution is -0.179. The number of ketones is 1. The largest absolute Gasteiger partial charge is 0.457 e. The number of cyclic esters (lactones) is 1. The van der Waals surface area contributed by atoms with Crippen molar-refractivity contribution in [1.82, 2.24) is 10.4 Å². The molecular weight excluding hydrogens is 416 g/mol. The molecule has 4 aliphatic rings. The van der Waals surface area contributed by atoms with E-state index >= 15 is 0 Å². The summed E-state index contributed by atoms with van der Waals surface area (Å²) < 4.78 is 11.6. The normalized spacial score (nSPS) is 30.9. The predicted molar refractivity (Wildman–Crippen MR) is 120 cm³/mol. The summed E-state index contributed by atoms with van der Waals surface area (Å²) in [5.74, 6) is -0.365. The Hall–Kier alpha value is -2.13. The van der Waals surface area contributed by atoms with E-state index in [0.29, 0.717) is 24.8 Å². The molecule has 1 N–H and O–H groups in total. The molecule has 3 aliphatic heterocycles. The van der Waals surface area contributed by atoms with Gasteiger partial charge in [0, 0.05) is 24.3 Å². The quantitative estimate of drug-likeness (QED) is 0.278. The van der Waals surface area contributed by atoms with Gasteiger partial charge in [0.2, 0.25) is 6.29 Å². The Morgan fingerprint density at radius 2 is 2.13 bits per heavy atom. The van der Waals surface area contributed by atoms with Gasteiger partial charge in [-0.25, -0.2) is 15.0 Å². The molecule has 0 amide bonds. The minimum atomic E-state index is -0.911. The number of hydrogen-bond acceptors (Lipinski definition) is 9. The van der Waals surface area contributed by atoms with Crippen molar-refractivity contribution in [2.45, 2.75) is 69.5 Å². The van der Waals surface area contributed by atoms with Gasteiger partial charge in [0.1, 0.15) is 5.60 Å². The maximum atomic E-state index is 13.2. The molecule has 4 rings (SSSR count). The van der Waals surface area contributed by atoms with E-state index in [2.05, 4.69) is 22.0 Å². The first-order valence-corrected chi connectivity index (χ1v) is 11.8. The van der Waals surface area contributed by atoms with Gasteiger partial charge in [-0.05, 0) is 38.7 Å². The smallest absolute Gasteiger partial charge is 0.327 e. The van der Waals surface area contributed by atoms with Crippen molar-refractivity contribution in [2.75, 3.05) is 13.2 Å². The van der Waals surface area contributed by atoms with E-state index in [4.69, 9.17) is 9.47 Å². The van der Waals surface area contributed by atoms with Gasteiger partial charge in [-0.15, -0.1) is 6.58 Å². The second-order valence-electron chi connectivity index (χ2n) is 8.54. The van der Waals surface area contributed by atoms with Crippen LogP contribution in [0.25, 0.3) is 0 Å². The number of aliphatic imine (C=N–C) groups is 2. The molecule has 0 spiro atoms. The third-order valence-corrected chi connectivity index (χ3v) is 7.43. The number of amidine groups is 1. The highest BCUT2D eigenvalue weighted by Crippen LogP contribution is 2.45. The predicted octanol–water partition coefficient (Wildman–Crippen LogP) is 2.96. The first-order chi connectivity index (χ1) is 14.9. The van der Waals surface area contributed by atoms with E-state index in [-0.39, 0.29) is 18.1 Å². The number of carbonyl (C=O) groups is 2. The fraction of sp³-hybridized carbons (Fsp3) is 0.636. The van der Waals surface area contributed by atoms with E-state index in [0.717, 1.165) is 48.9 Å². The van der Waals surface area contributed by atoms with Crippen LogP contribution >= 0.6 is 11.8 Å². The number of Topliss-reactive ketones (excluding diaryl/α,β-unsaturated/α-hetero) is 1. The van der Waals surface area contributed by atoms with Gasteiger partial charge < -0.3 is 9.47 Å². The van der Waals surface area contributed by atoms with Gasteiger partial charge in [0.25, 0.3) is 0 Å². The number of fused-ring (bicyclic) bond motifs is 1. The van der Waals surface area contributed by atoms with Crippen molar-refractivity contribution < 1.29 is 19.1 Å². The number of thioether (sulfide) groups is 1. The molecule has 0 aromatic heterocycles. The number of nitrogens with zero attached hydrogens (tertiary/aromatic N) is 3. The van der Waals surface area contributed by atoms with Crippen LogP contribution in [0.2, 0.25) is 0 Å². The molecule has 0 radical (unpaired) electrons. The van der Waals surface area contributed by atoms with Crippen LogP contribution in [0.1, 0.15) is 52.4 Å². The second kappa shape index (κ2) is 9.16. The second-order valence-corrected chi connectivity index (χ2v) is 9.63. The standard InChI is InChI=1S/C22H30N4O4S/c1-4-10-29-11-9-22(16-7-5-6-8-16)13-17(27)18(19(28)30-22)31-21-24-20-23-14(2)12-15(3)26(20)25-21/h4,12,16,18,20H,1,5-11,13H2,2-3H3,(H,24,25). The molecule has 9 heteroatoms. The summed E-state index contributed by atoms with van der Waals surface area (Å²) in [4.78, 5) is 35.2. The van der Waals surface area contributed by atoms with E-state index in [1.165, 1.54) is 0 Å². The van der Waals surface area contributed by atoms with Crippen LogP contribution in [0.15, 0.2) is 34.4 Å². The maximum Gasteiger partial charge on any atom is 0.327 e. The first kappa shape index (κ1) is 22.1. The van der Waals surface area contributed by atoms with Crippen LogP contribution in [-0.4, -0.2) is 58.0 Å². The summed E-state index contributed by atoms with van der Waals surface area (Å²) >= 11 is 1.12. The summed E-state index contributed by atoms with van der Waals surface area (Å²) in [7, 11) is 0. The van der Waals surface area contributed by atoms with Crippen molar-refractivity contribution in [1.29, 1.82) is 0 Å². The molecule has 0 aromatic carbocycles. The molecule has 8 nitrogen and oxygen atoms in total. The molecule has 1 saturated heterocycles. The van der Waals surface area contributed by atoms with Gasteiger partial charge in [-0.1, -0.05) is 30.7 Å². The Balaban J connectivity index is 1.45. The van der Waals surface area contributed by atoms with Crippen molar-refractivity contribution in [3.63, 3.8) is 0 Å². The molecule has 2 fully saturated rings. The summed E-state index contributed by atoms with van der Waals surface area (Å²) in [5, 5.41) is 1.42. The SMILES string of the molecule is C=CCOCCC1(C2CCCC2)CC(=O)C(SC2=NC3N=C(C)C=C(C)N3N2)C(=O)O1. The molecule has 168 valence electrons. The number of rotatable bonds is 7. The third-order valence-electron chi connectivity index (χ3n) is 6.31. The third kappa shape index (κ3) is 4.57. The molecule has 3 unspecified atom stereocenters. The lowest BCUT2D eigenvalue weighted by Crippen LogP contribution is -2.53. The van der Waals surface area contributed by atoms with Crippen LogP contribution < -0.4 is 5.43 Å². The van der Waals surface area contributed by atoms with Crippen LogP contribution in [0, 0.1) is 5.92 Å². The molecule has 1 aliphatic carbocycles. The van der Waals surface area contributed by atoms with E-state index in [1.54, 1.807) is 6.08 Å². The topological polar surface area (TPSA) is 92.6 Å². The average Bonchev–Trinajstić information content (AvgIpc) is 3.38. The average molecular weight is 447 g/mol. The fourth-order valence-corrected chi connectivity index (χ4v) is 5.71. The number of hydrazine groups is 1. The van der Waals surface area contributed by atoms with E-state index in [1.807, 2.05) is 24.9 Å². The zero-order chi connectivity index (χ0) is 22.0. The molecule has 0 bridgehead atoms. The van der Waals surface area contributed by atoms with Crippen LogP contribution in [0.4, 0.5) is 0 Å². The van der Waals surface area contributed by atoms with Crippen LogP contribution in [-0.2, 0) is 19.1 Å². The maximum absolute atomic E-state index is 13.2. The van der Waals surface area contributed by atoms with Crippen LogP contribution in [0.3, 0.4) is 0 Å². The van der Waals surface area contributed by atoms with Gasteiger partial charge in [-0.2, -0.15) is 0 Å². The zero-order valence-electron chi connectivity index (χ0n) is 18.1. The van der Waals surface area contributed by atoms with Gasteiger partial charge in [0.05, 0.1) is 13.2 Å². The van der Waals surface area contributed by atoms with Gasteiger partial charge >= 0.3 is 5.97 Å². The Labute approximate surface area is 187 Å². The van der Waals surface area contributed by atoms with Crippen molar-refractivity contribution in [3.05, 3.63) is 24.4 Å². The van der Waals surface area contributed by atoms with Gasteiger partial charge in [-0.3, -0.25) is 15.0 Å². The van der Waals surface area contributed by atoms with Crippen molar-refractivity contribution in [2.24, 2.45) is 15.9 Å². The lowest BCUT2D eigenvalue weighted by Gasteiger charge is -2.42. The summed E-state index contributed by atoms with van der Waals surface area (Å²) in [6.07, 6.45) is 8.18. The summed E-state index contributed by atoms with van der Waals surface area (Å²) in [5.41, 5.74) is 4.27. The number of allylic oxidation sites excluding steroid dienone is 2. The first-order valence-electron chi connectivity index (χ1n) is 10.9. The van der Waals surface area contributed by atoms with Gasteiger partial charge in [0.15, 0.2) is 16.2 Å². The van der Waals surface area contributed by atoms with E-state index < -0.39 is 23.1 Å². The van der Waals surface area contributed by atoms with Crippen molar-refractivity contribution >= 4 is 34.4 Å². The Bertz CT molecular complexity index is 828. The number of ether oxygens (including phenoxy) is 2. The van der Waals surface area contributed by atoms with Crippen LogP contribution in [0.5, 0.6) is 0 Å². The minimum absolute atomic E-state index is 0.0989. The zero-order valence-corrected chi connectivity index (χ0v) is 19.0. The number of nitrogens with one attached hydrogen (secondary N) is 1. The highest BCUT2D eigenvalue weighted by Gasteiger charge is 2.52. The Morgan fingerprint density at radius 1 is 1.35 bits per heavy atom. The number of esters is 1. The summed E-state index contributed by atoms with van der Waals surface area (Å²) in [6, 6.07) is 0. The number of carbonyl (C=O) groups excluding carboxylic acids is 2. The highest BCUT2D eigenvalue weighted by atomic mass is 32.2. The Morgan fingerprint density at radius 3 is 2.84 bits per heavy atom. The fourth-order valence-electron chi connectivity index (χ4n) is 4.83. The molecule has 3 atom stereocenters. The number of hydrogen-bond donors (Lipinski definition) is 1. The lowest BCUT2D eigenvalue weighted by atomic mass is 9.77. The Kier molecular flexibility index (Phi) is 6.52. The minimum Gasteiger partial charge on any atom is -0.457 e. The summed E-state index contributed by atoms with van der Waals surface area (Å²) in [6.45, 7) is 8.43. The molecule has 0 aromatic rings. The molecular formula is C22H30N4O4S. The molecule has 3 heterocycles. The van der Waals surface area contributed by atoms with E-state index in [9.17, 15) is 9.59 Å². The van der Waals surface area contributed by atoms with Crippen molar-refractivity contribution in [3.8, 4) is 0 Å². The molecule has 1 saturated carbocycles.